The number of rotatable bonds is 10. The van der Waals surface area contributed by atoms with Gasteiger partial charge in [0.05, 0.1) is 31.9 Å². The quantitative estimate of drug-likeness (QED) is 0.269. The van der Waals surface area contributed by atoms with Gasteiger partial charge in [0.2, 0.25) is 0 Å². The van der Waals surface area contributed by atoms with E-state index in [2.05, 4.69) is 15.1 Å². The van der Waals surface area contributed by atoms with Crippen LogP contribution in [0.25, 0.3) is 0 Å². The van der Waals surface area contributed by atoms with Crippen molar-refractivity contribution in [1.82, 2.24) is 19.7 Å². The molecule has 228 valence electrons. The third kappa shape index (κ3) is 6.38. The van der Waals surface area contributed by atoms with Gasteiger partial charge in [-0.05, 0) is 43.5 Å². The summed E-state index contributed by atoms with van der Waals surface area (Å²) in [7, 11) is 0.191. The molecule has 0 unspecified atom stereocenters. The summed E-state index contributed by atoms with van der Waals surface area (Å²) in [6.45, 7) is -0.237. The summed E-state index contributed by atoms with van der Waals surface area (Å²) in [4.78, 5) is 7.33. The van der Waals surface area contributed by atoms with Crippen LogP contribution in [-0.2, 0) is 23.6 Å². The normalized spacial score (nSPS) is 18.7. The highest BCUT2D eigenvalue weighted by Gasteiger charge is 2.36. The molecule has 1 aliphatic rings. The van der Waals surface area contributed by atoms with Crippen LogP contribution < -0.4 is 18.5 Å². The Bertz CT molecular complexity index is 1690. The minimum absolute atomic E-state index is 0.00270. The van der Waals surface area contributed by atoms with Crippen LogP contribution in [0.2, 0.25) is 5.02 Å². The number of benzene rings is 2. The molecule has 3 atom stereocenters. The Morgan fingerprint density at radius 1 is 1.09 bits per heavy atom. The first-order valence-electron chi connectivity index (χ1n) is 13.4. The largest absolute Gasteiger partial charge is 0.497 e. The van der Waals surface area contributed by atoms with Gasteiger partial charge in [0.25, 0.3) is 10.0 Å². The Hall–Kier alpha value is -3.94. The summed E-state index contributed by atoms with van der Waals surface area (Å²) >= 11 is 6.55. The van der Waals surface area contributed by atoms with Crippen LogP contribution in [0, 0.1) is 5.82 Å². The molecule has 1 fully saturated rings. The van der Waals surface area contributed by atoms with Crippen LogP contribution in [0.4, 0.5) is 10.2 Å². The third-order valence-corrected chi connectivity index (χ3v) is 9.52. The maximum atomic E-state index is 15.8. The van der Waals surface area contributed by atoms with E-state index in [0.717, 1.165) is 22.1 Å². The standard InChI is InChI=1S/C29H31ClFN5O6S/c1-35-24(8-11-34-35)21-12-19(37)5-7-25(21)42-27-15-23(31)28(14-22(27)30)43(38,39)36(29-9-10-32-17-33-29)16-18-4-6-20(40-2)13-26(18)41-3/h4,6,8-11,13-15,17,19,21,25,37H,5,7,12,16H2,1-3H3/t19-,21-,25+/m1/s1. The van der Waals surface area contributed by atoms with Gasteiger partial charge in [-0.15, -0.1) is 0 Å². The van der Waals surface area contributed by atoms with Crippen LogP contribution in [0.3, 0.4) is 0 Å². The fourth-order valence-electron chi connectivity index (χ4n) is 5.26. The van der Waals surface area contributed by atoms with E-state index >= 15 is 4.39 Å². The maximum absolute atomic E-state index is 15.8. The Balaban J connectivity index is 1.49. The molecule has 0 saturated heterocycles. The zero-order valence-corrected chi connectivity index (χ0v) is 25.3. The summed E-state index contributed by atoms with van der Waals surface area (Å²) in [6.07, 6.45) is 4.69. The lowest BCUT2D eigenvalue weighted by atomic mass is 9.82. The number of aliphatic hydroxyl groups excluding tert-OH is 1. The van der Waals surface area contributed by atoms with Crippen molar-refractivity contribution in [2.75, 3.05) is 18.5 Å². The van der Waals surface area contributed by atoms with Gasteiger partial charge in [-0.2, -0.15) is 5.10 Å². The molecule has 0 bridgehead atoms. The van der Waals surface area contributed by atoms with Gasteiger partial charge in [0, 0.05) is 54.8 Å². The second-order valence-electron chi connectivity index (χ2n) is 10.1. The molecule has 1 saturated carbocycles. The smallest absolute Gasteiger partial charge is 0.268 e. The molecule has 0 spiro atoms. The number of methoxy groups -OCH3 is 2. The highest BCUT2D eigenvalue weighted by molar-refractivity contribution is 7.92. The number of ether oxygens (including phenoxy) is 3. The van der Waals surface area contributed by atoms with E-state index in [1.807, 2.05) is 6.07 Å². The molecule has 4 aromatic rings. The van der Waals surface area contributed by atoms with Crippen LogP contribution in [0.5, 0.6) is 17.2 Å². The molecule has 2 aromatic heterocycles. The van der Waals surface area contributed by atoms with Gasteiger partial charge in [0.1, 0.15) is 46.2 Å². The minimum Gasteiger partial charge on any atom is -0.497 e. The zero-order chi connectivity index (χ0) is 30.7. The molecule has 2 heterocycles. The van der Waals surface area contributed by atoms with E-state index in [1.165, 1.54) is 32.8 Å². The highest BCUT2D eigenvalue weighted by Crippen LogP contribution is 2.39. The van der Waals surface area contributed by atoms with Crippen molar-refractivity contribution < 1.29 is 32.1 Å². The highest BCUT2D eigenvalue weighted by atomic mass is 35.5. The summed E-state index contributed by atoms with van der Waals surface area (Å²) in [5.74, 6) is -0.375. The molecular formula is C29H31ClFN5O6S. The molecule has 5 rings (SSSR count). The van der Waals surface area contributed by atoms with Crippen molar-refractivity contribution in [2.45, 2.75) is 48.8 Å². The molecule has 11 nitrogen and oxygen atoms in total. The first kappa shape index (κ1) is 30.5. The molecule has 14 heteroatoms. The first-order valence-corrected chi connectivity index (χ1v) is 15.3. The molecular weight excluding hydrogens is 601 g/mol. The molecule has 0 amide bonds. The number of hydrogen-bond acceptors (Lipinski definition) is 9. The SMILES string of the molecule is COc1ccc(CN(c2ccncn2)S(=O)(=O)c2cc(Cl)c(O[C@H]3CC[C@@H](O)C[C@@H]3c3ccnn3C)cc2F)c(OC)c1. The number of aliphatic hydroxyl groups is 1. The summed E-state index contributed by atoms with van der Waals surface area (Å²) in [5.41, 5.74) is 1.34. The van der Waals surface area contributed by atoms with Gasteiger partial charge in [-0.25, -0.2) is 27.1 Å². The average molecular weight is 632 g/mol. The maximum Gasteiger partial charge on any atom is 0.268 e. The van der Waals surface area contributed by atoms with Crippen molar-refractivity contribution in [2.24, 2.45) is 7.05 Å². The van der Waals surface area contributed by atoms with Crippen molar-refractivity contribution in [3.05, 3.63) is 83.3 Å². The second-order valence-corrected chi connectivity index (χ2v) is 12.3. The van der Waals surface area contributed by atoms with E-state index in [0.29, 0.717) is 36.3 Å². The van der Waals surface area contributed by atoms with Gasteiger partial charge < -0.3 is 19.3 Å². The third-order valence-electron chi connectivity index (χ3n) is 7.46. The summed E-state index contributed by atoms with van der Waals surface area (Å²) < 4.78 is 63.4. The number of hydrogen-bond donors (Lipinski definition) is 1. The van der Waals surface area contributed by atoms with Gasteiger partial charge in [-0.1, -0.05) is 11.6 Å². The lowest BCUT2D eigenvalue weighted by Gasteiger charge is -2.34. The van der Waals surface area contributed by atoms with Crippen LogP contribution >= 0.6 is 11.6 Å². The van der Waals surface area contributed by atoms with Gasteiger partial charge in [-0.3, -0.25) is 4.68 Å². The molecule has 1 N–H and O–H groups in total. The van der Waals surface area contributed by atoms with E-state index in [4.69, 9.17) is 25.8 Å². The molecule has 1 aliphatic carbocycles. The summed E-state index contributed by atoms with van der Waals surface area (Å²) in [5, 5.41) is 14.5. The van der Waals surface area contributed by atoms with Crippen LogP contribution in [0.15, 0.2) is 66.1 Å². The van der Waals surface area contributed by atoms with Gasteiger partial charge in [0.15, 0.2) is 0 Å². The zero-order valence-electron chi connectivity index (χ0n) is 23.7. The monoisotopic (exact) mass is 631 g/mol. The fraction of sp³-hybridized carbons (Fsp3) is 0.345. The Morgan fingerprint density at radius 3 is 2.58 bits per heavy atom. The fourth-order valence-corrected chi connectivity index (χ4v) is 7.00. The predicted molar refractivity (Wildman–Crippen MR) is 157 cm³/mol. The summed E-state index contributed by atoms with van der Waals surface area (Å²) in [6, 6.07) is 10.2. The number of sulfonamides is 1. The molecule has 0 radical (unpaired) electrons. The van der Waals surface area contributed by atoms with E-state index in [1.54, 1.807) is 36.1 Å². The lowest BCUT2D eigenvalue weighted by Crippen LogP contribution is -2.35. The second kappa shape index (κ2) is 12.7. The van der Waals surface area contributed by atoms with E-state index < -0.39 is 32.9 Å². The average Bonchev–Trinajstić information content (AvgIpc) is 3.44. The number of aryl methyl sites for hydroxylation is 1. The predicted octanol–water partition coefficient (Wildman–Crippen LogP) is 4.49. The first-order chi connectivity index (χ1) is 20.6. The number of anilines is 1. The Kier molecular flexibility index (Phi) is 9.04. The topological polar surface area (TPSA) is 129 Å². The van der Waals surface area contributed by atoms with Crippen LogP contribution in [0.1, 0.15) is 36.4 Å². The number of aromatic nitrogens is 4. The Labute approximate surface area is 253 Å². The molecule has 43 heavy (non-hydrogen) atoms. The van der Waals surface area contributed by atoms with Crippen molar-refractivity contribution >= 4 is 27.4 Å². The minimum atomic E-state index is -4.56. The van der Waals surface area contributed by atoms with Crippen LogP contribution in [-0.4, -0.2) is 59.7 Å². The van der Waals surface area contributed by atoms with E-state index in [-0.39, 0.29) is 29.1 Å². The van der Waals surface area contributed by atoms with E-state index in [9.17, 15) is 13.5 Å². The number of nitrogens with zero attached hydrogens (tertiary/aromatic N) is 5. The van der Waals surface area contributed by atoms with Crippen molar-refractivity contribution in [3.8, 4) is 17.2 Å². The molecule has 0 aliphatic heterocycles. The molecule has 2 aromatic carbocycles. The Morgan fingerprint density at radius 2 is 1.91 bits per heavy atom. The number of halogens is 2. The lowest BCUT2D eigenvalue weighted by molar-refractivity contribution is 0.0462. The van der Waals surface area contributed by atoms with Crippen molar-refractivity contribution in [1.29, 1.82) is 0 Å². The van der Waals surface area contributed by atoms with Gasteiger partial charge >= 0.3 is 0 Å². The van der Waals surface area contributed by atoms with Crippen molar-refractivity contribution in [3.63, 3.8) is 0 Å².